The van der Waals surface area contributed by atoms with E-state index in [-0.39, 0.29) is 11.0 Å². The fourth-order valence-corrected chi connectivity index (χ4v) is 2.34. The fraction of sp³-hybridized carbons (Fsp3) is 0.588. The number of rotatable bonds is 0. The van der Waals surface area contributed by atoms with Gasteiger partial charge in [0.2, 0.25) is 0 Å². The largest absolute Gasteiger partial charge is 0.364 e. The Hall–Kier alpha value is -1.51. The number of imidazole rings is 1. The minimum Gasteiger partial charge on any atom is -0.364 e. The lowest BCUT2D eigenvalue weighted by Gasteiger charge is -2.21. The summed E-state index contributed by atoms with van der Waals surface area (Å²) in [7, 11) is 0. The molecule has 0 bridgehead atoms. The molecule has 0 saturated carbocycles. The number of nitrogens with one attached hydrogen (secondary N) is 1. The first-order chi connectivity index (χ1) is 9.03. The van der Waals surface area contributed by atoms with Crippen LogP contribution in [0.2, 0.25) is 0 Å². The van der Waals surface area contributed by atoms with Crippen LogP contribution in [0.1, 0.15) is 58.6 Å². The Bertz CT molecular complexity index is 483. The van der Waals surface area contributed by atoms with Crippen LogP contribution in [-0.4, -0.2) is 14.5 Å². The molecule has 0 radical (unpaired) electrons. The van der Waals surface area contributed by atoms with Gasteiger partial charge in [-0.3, -0.25) is 0 Å². The summed E-state index contributed by atoms with van der Waals surface area (Å²) < 4.78 is 2.16. The average Bonchev–Trinajstić information content (AvgIpc) is 2.85. The van der Waals surface area contributed by atoms with Crippen molar-refractivity contribution in [2.75, 3.05) is 0 Å². The molecule has 3 nitrogen and oxygen atoms in total. The van der Waals surface area contributed by atoms with Crippen LogP contribution in [0.3, 0.4) is 0 Å². The minimum absolute atomic E-state index is 0.167. The number of nitrogens with zero attached hydrogens (tertiary/aromatic N) is 2. The monoisotopic (exact) mass is 275 g/mol. The fourth-order valence-electron chi connectivity index (χ4n) is 2.34. The third kappa shape index (κ3) is 4.26. The Labute approximate surface area is 123 Å². The minimum atomic E-state index is 0.167. The number of H-pyrrole nitrogens is 1. The summed E-state index contributed by atoms with van der Waals surface area (Å²) in [5.41, 5.74) is 3.12. The van der Waals surface area contributed by atoms with Crippen LogP contribution in [0.15, 0.2) is 24.7 Å². The van der Waals surface area contributed by atoms with Crippen LogP contribution in [0.5, 0.6) is 0 Å². The molecule has 2 heterocycles. The molecule has 3 heteroatoms. The Kier molecular flexibility index (Phi) is 4.85. The van der Waals surface area contributed by atoms with Crippen molar-refractivity contribution in [3.05, 3.63) is 41.7 Å². The molecule has 0 saturated heterocycles. The molecule has 0 amide bonds. The number of aromatic amines is 1. The van der Waals surface area contributed by atoms with Gasteiger partial charge in [-0.05, 0) is 46.2 Å². The molecule has 0 aliphatic rings. The van der Waals surface area contributed by atoms with E-state index in [0.29, 0.717) is 0 Å². The van der Waals surface area contributed by atoms with E-state index in [2.05, 4.69) is 69.1 Å². The van der Waals surface area contributed by atoms with Gasteiger partial charge in [-0.1, -0.05) is 20.8 Å². The standard InChI is InChI=1S/C9H15N.C8H14N2/c1-7-5-6-10-8(7)9(2,3)4;1-7-9-5-6-10(7)8(2,3)4/h5-6,10H,1-4H3;5-6H,1-4H3. The van der Waals surface area contributed by atoms with Crippen molar-refractivity contribution >= 4 is 0 Å². The highest BCUT2D eigenvalue weighted by Gasteiger charge is 2.16. The molecule has 20 heavy (non-hydrogen) atoms. The van der Waals surface area contributed by atoms with E-state index in [1.165, 1.54) is 11.3 Å². The van der Waals surface area contributed by atoms with Gasteiger partial charge in [-0.25, -0.2) is 4.98 Å². The van der Waals surface area contributed by atoms with E-state index in [1.807, 2.05) is 25.5 Å². The predicted molar refractivity (Wildman–Crippen MR) is 86.2 cm³/mol. The molecular weight excluding hydrogens is 246 g/mol. The SMILES string of the molecule is Cc1cc[nH]c1C(C)(C)C.Cc1nccn1C(C)(C)C. The molecule has 0 fully saturated rings. The molecule has 0 aliphatic heterocycles. The number of aromatic nitrogens is 3. The molecule has 112 valence electrons. The maximum Gasteiger partial charge on any atom is 0.105 e. The smallest absolute Gasteiger partial charge is 0.105 e. The van der Waals surface area contributed by atoms with Gasteiger partial charge in [0.1, 0.15) is 5.82 Å². The van der Waals surface area contributed by atoms with Crippen LogP contribution in [0.4, 0.5) is 0 Å². The van der Waals surface area contributed by atoms with Gasteiger partial charge in [0, 0.05) is 35.2 Å². The third-order valence-corrected chi connectivity index (χ3v) is 3.25. The highest BCUT2D eigenvalue weighted by molar-refractivity contribution is 5.24. The molecule has 2 aromatic rings. The second-order valence-corrected chi connectivity index (χ2v) is 7.30. The Balaban J connectivity index is 0.000000200. The number of hydrogen-bond donors (Lipinski definition) is 1. The Morgan fingerprint density at radius 3 is 1.85 bits per heavy atom. The maximum atomic E-state index is 4.15. The van der Waals surface area contributed by atoms with Crippen LogP contribution >= 0.6 is 0 Å². The first-order valence-corrected chi connectivity index (χ1v) is 7.18. The van der Waals surface area contributed by atoms with Crippen molar-refractivity contribution < 1.29 is 0 Å². The molecular formula is C17H29N3. The maximum absolute atomic E-state index is 4.15. The Morgan fingerprint density at radius 2 is 1.65 bits per heavy atom. The van der Waals surface area contributed by atoms with Gasteiger partial charge in [0.05, 0.1) is 0 Å². The third-order valence-electron chi connectivity index (χ3n) is 3.25. The summed E-state index contributed by atoms with van der Waals surface area (Å²) >= 11 is 0. The zero-order chi connectivity index (χ0) is 15.6. The first kappa shape index (κ1) is 16.5. The lowest BCUT2D eigenvalue weighted by atomic mass is 9.90. The van der Waals surface area contributed by atoms with Gasteiger partial charge in [0.25, 0.3) is 0 Å². The second-order valence-electron chi connectivity index (χ2n) is 7.30. The van der Waals surface area contributed by atoms with E-state index >= 15 is 0 Å². The van der Waals surface area contributed by atoms with Crippen LogP contribution in [-0.2, 0) is 11.0 Å². The second kappa shape index (κ2) is 5.86. The summed E-state index contributed by atoms with van der Waals surface area (Å²) in [5.74, 6) is 1.08. The van der Waals surface area contributed by atoms with Gasteiger partial charge in [0.15, 0.2) is 0 Å². The molecule has 1 N–H and O–H groups in total. The van der Waals surface area contributed by atoms with Crippen molar-refractivity contribution in [2.24, 2.45) is 0 Å². The molecule has 0 unspecified atom stereocenters. The summed E-state index contributed by atoms with van der Waals surface area (Å²) in [6.07, 6.45) is 5.84. The lowest BCUT2D eigenvalue weighted by Crippen LogP contribution is -2.21. The lowest BCUT2D eigenvalue weighted by molar-refractivity contribution is 0.388. The van der Waals surface area contributed by atoms with Crippen molar-refractivity contribution in [3.8, 4) is 0 Å². The average molecular weight is 275 g/mol. The van der Waals surface area contributed by atoms with E-state index < -0.39 is 0 Å². The van der Waals surface area contributed by atoms with E-state index in [9.17, 15) is 0 Å². The molecule has 0 spiro atoms. The van der Waals surface area contributed by atoms with Crippen molar-refractivity contribution in [1.82, 2.24) is 14.5 Å². The van der Waals surface area contributed by atoms with Crippen LogP contribution < -0.4 is 0 Å². The topological polar surface area (TPSA) is 33.6 Å². The Morgan fingerprint density at radius 1 is 1.05 bits per heavy atom. The molecule has 0 atom stereocenters. The van der Waals surface area contributed by atoms with E-state index in [4.69, 9.17) is 0 Å². The summed E-state index contributed by atoms with van der Waals surface area (Å²) in [4.78, 5) is 7.39. The quantitative estimate of drug-likeness (QED) is 0.751. The van der Waals surface area contributed by atoms with Crippen molar-refractivity contribution in [2.45, 2.75) is 66.3 Å². The van der Waals surface area contributed by atoms with Gasteiger partial charge in [-0.15, -0.1) is 0 Å². The summed E-state index contributed by atoms with van der Waals surface area (Å²) in [6.45, 7) is 17.3. The first-order valence-electron chi connectivity index (χ1n) is 7.18. The summed E-state index contributed by atoms with van der Waals surface area (Å²) in [5, 5.41) is 0. The molecule has 2 rings (SSSR count). The van der Waals surface area contributed by atoms with Gasteiger partial charge < -0.3 is 9.55 Å². The van der Waals surface area contributed by atoms with E-state index in [1.54, 1.807) is 0 Å². The highest BCUT2D eigenvalue weighted by Crippen LogP contribution is 2.23. The molecule has 0 aromatic carbocycles. The van der Waals surface area contributed by atoms with Gasteiger partial charge >= 0.3 is 0 Å². The molecule has 2 aromatic heterocycles. The number of aryl methyl sites for hydroxylation is 2. The zero-order valence-corrected chi connectivity index (χ0v) is 14.2. The van der Waals surface area contributed by atoms with Crippen molar-refractivity contribution in [3.63, 3.8) is 0 Å². The van der Waals surface area contributed by atoms with Crippen LogP contribution in [0, 0.1) is 13.8 Å². The summed E-state index contributed by atoms with van der Waals surface area (Å²) in [6, 6.07) is 2.11. The van der Waals surface area contributed by atoms with Crippen LogP contribution in [0.25, 0.3) is 0 Å². The van der Waals surface area contributed by atoms with Gasteiger partial charge in [-0.2, -0.15) is 0 Å². The molecule has 0 aliphatic carbocycles. The number of hydrogen-bond acceptors (Lipinski definition) is 1. The van der Waals surface area contributed by atoms with E-state index in [0.717, 1.165) is 5.82 Å². The predicted octanol–water partition coefficient (Wildman–Crippen LogP) is 4.57. The van der Waals surface area contributed by atoms with Crippen molar-refractivity contribution in [1.29, 1.82) is 0 Å². The zero-order valence-electron chi connectivity index (χ0n) is 14.2. The normalized spacial score (nSPS) is 12.0. The highest BCUT2D eigenvalue weighted by atomic mass is 15.1.